The van der Waals surface area contributed by atoms with Gasteiger partial charge in [0.05, 0.1) is 27.7 Å². The fraction of sp³-hybridized carbons (Fsp3) is 0.649. The Balaban J connectivity index is 2.24. The van der Waals surface area contributed by atoms with Crippen molar-refractivity contribution in [3.05, 3.63) is 47.8 Å². The Morgan fingerprint density at radius 3 is 1.72 bits per heavy atom. The predicted molar refractivity (Wildman–Crippen MR) is 178 cm³/mol. The molecular formula is C37H52FNO11. The Bertz CT molecular complexity index is 1460. The van der Waals surface area contributed by atoms with Crippen molar-refractivity contribution in [3.63, 3.8) is 0 Å². The zero-order chi connectivity index (χ0) is 38.0. The lowest BCUT2D eigenvalue weighted by molar-refractivity contribution is -0.266. The second-order valence-electron chi connectivity index (χ2n) is 16.8. The van der Waals surface area contributed by atoms with E-state index in [0.717, 1.165) is 0 Å². The van der Waals surface area contributed by atoms with Crippen LogP contribution in [0.4, 0.5) is 4.39 Å². The zero-order valence-electron chi connectivity index (χ0n) is 31.1. The molecule has 0 unspecified atom stereocenters. The predicted octanol–water partition coefficient (Wildman–Crippen LogP) is 5.13. The summed E-state index contributed by atoms with van der Waals surface area (Å²) in [6.07, 6.45) is -5.34. The summed E-state index contributed by atoms with van der Waals surface area (Å²) in [7, 11) is 0. The van der Waals surface area contributed by atoms with Crippen molar-refractivity contribution < 1.29 is 56.8 Å². The molecule has 2 heterocycles. The van der Waals surface area contributed by atoms with Crippen LogP contribution in [0.3, 0.4) is 0 Å². The Kier molecular flexibility index (Phi) is 12.3. The Morgan fingerprint density at radius 2 is 1.26 bits per heavy atom. The molecule has 2 aliphatic rings. The van der Waals surface area contributed by atoms with Crippen molar-refractivity contribution in [1.29, 1.82) is 0 Å². The molecule has 1 saturated heterocycles. The summed E-state index contributed by atoms with van der Waals surface area (Å²) in [6.45, 7) is 19.2. The molecule has 0 aromatic heterocycles. The van der Waals surface area contributed by atoms with Crippen LogP contribution in [-0.2, 0) is 52.4 Å². The van der Waals surface area contributed by atoms with Crippen molar-refractivity contribution in [3.8, 4) is 0 Å². The summed E-state index contributed by atoms with van der Waals surface area (Å²) in [4.78, 5) is 65.7. The first-order chi connectivity index (χ1) is 22.8. The molecule has 50 heavy (non-hydrogen) atoms. The third-order valence-corrected chi connectivity index (χ3v) is 7.75. The fourth-order valence-electron chi connectivity index (χ4n) is 4.69. The Morgan fingerprint density at radius 1 is 0.760 bits per heavy atom. The number of carbonyl (C=O) groups is 5. The lowest BCUT2D eigenvalue weighted by Crippen LogP contribution is -2.67. The van der Waals surface area contributed by atoms with Gasteiger partial charge < -0.3 is 28.4 Å². The number of benzene rings is 1. The maximum Gasteiger partial charge on any atom is 0.331 e. The monoisotopic (exact) mass is 705 g/mol. The van der Waals surface area contributed by atoms with E-state index in [1.54, 1.807) is 89.2 Å². The molecule has 278 valence electrons. The van der Waals surface area contributed by atoms with Crippen LogP contribution in [0.5, 0.6) is 0 Å². The Labute approximate surface area is 293 Å². The van der Waals surface area contributed by atoms with Crippen molar-refractivity contribution in [2.45, 2.75) is 126 Å². The largest absolute Gasteiger partial charge is 0.462 e. The molecule has 0 aliphatic carbocycles. The first-order valence-corrected chi connectivity index (χ1v) is 16.7. The normalized spacial score (nSPS) is 24.9. The SMILES string of the molecule is CC(C)(C)C(=O)OC[C@H]1O[C@@H](N[C@H](c2cccc(F)c2)[C@@H]2C=CC(=O)O2)[C@H](OC(=O)C(C)(C)C)[C@@H](OC(=O)C(C)(C)C)[C@H]1OC(=O)C(C)(C)C. The molecule has 12 nitrogen and oxygen atoms in total. The van der Waals surface area contributed by atoms with Gasteiger partial charge in [0.2, 0.25) is 0 Å². The van der Waals surface area contributed by atoms with Crippen LogP contribution in [0, 0.1) is 27.5 Å². The minimum atomic E-state index is -1.50. The van der Waals surface area contributed by atoms with Gasteiger partial charge in [-0.3, -0.25) is 24.5 Å². The molecule has 0 spiro atoms. The van der Waals surface area contributed by atoms with Crippen molar-refractivity contribution in [1.82, 2.24) is 5.32 Å². The lowest BCUT2D eigenvalue weighted by atomic mass is 9.92. The molecule has 2 aliphatic heterocycles. The van der Waals surface area contributed by atoms with Gasteiger partial charge in [0.15, 0.2) is 24.5 Å². The van der Waals surface area contributed by atoms with E-state index in [0.29, 0.717) is 5.56 Å². The van der Waals surface area contributed by atoms with Crippen molar-refractivity contribution in [2.75, 3.05) is 6.61 Å². The third kappa shape index (κ3) is 10.6. The molecule has 1 fully saturated rings. The minimum Gasteiger partial charge on any atom is -0.462 e. The highest BCUT2D eigenvalue weighted by Gasteiger charge is 2.55. The van der Waals surface area contributed by atoms with Crippen LogP contribution in [0.15, 0.2) is 36.4 Å². The molecular weight excluding hydrogens is 653 g/mol. The van der Waals surface area contributed by atoms with Gasteiger partial charge >= 0.3 is 29.8 Å². The summed E-state index contributed by atoms with van der Waals surface area (Å²) in [5.41, 5.74) is -3.70. The molecule has 0 bridgehead atoms. The third-order valence-electron chi connectivity index (χ3n) is 7.75. The topological polar surface area (TPSA) is 153 Å². The van der Waals surface area contributed by atoms with E-state index >= 15 is 0 Å². The summed E-state index contributed by atoms with van der Waals surface area (Å²) >= 11 is 0. The number of rotatable bonds is 9. The van der Waals surface area contributed by atoms with Gasteiger partial charge in [-0.05, 0) is 107 Å². The summed E-state index contributed by atoms with van der Waals surface area (Å²) < 4.78 is 50.3. The van der Waals surface area contributed by atoms with Crippen LogP contribution in [0.25, 0.3) is 0 Å². The number of esters is 5. The first kappa shape index (κ1) is 40.6. The maximum absolute atomic E-state index is 14.6. The molecule has 1 aromatic rings. The molecule has 1 N–H and O–H groups in total. The van der Waals surface area contributed by atoms with E-state index in [9.17, 15) is 28.4 Å². The van der Waals surface area contributed by atoms with E-state index in [1.807, 2.05) is 0 Å². The van der Waals surface area contributed by atoms with Crippen LogP contribution < -0.4 is 5.32 Å². The second kappa shape index (κ2) is 15.2. The quantitative estimate of drug-likeness (QED) is 0.268. The number of hydrogen-bond acceptors (Lipinski definition) is 12. The maximum atomic E-state index is 14.6. The zero-order valence-corrected chi connectivity index (χ0v) is 31.1. The standard InChI is InChI=1S/C37H52FNO11/c1-34(2,3)30(41)45-19-23-26(48-31(42)35(4,5)6)27(49-32(43)36(7,8)9)28(50-33(44)37(10,11)12)29(47-23)39-25(22-16-17-24(40)46-22)20-14-13-15-21(38)18-20/h13-18,22-23,25-29,39H,19H2,1-12H3/t22-,23+,25+,26-,27-,28+,29+/m0/s1. The highest BCUT2D eigenvalue weighted by atomic mass is 19.1. The number of nitrogens with one attached hydrogen (secondary N) is 1. The van der Waals surface area contributed by atoms with Gasteiger partial charge in [-0.1, -0.05) is 12.1 Å². The number of ether oxygens (including phenoxy) is 6. The molecule has 1 aromatic carbocycles. The average Bonchev–Trinajstić information content (AvgIpc) is 3.40. The van der Waals surface area contributed by atoms with Gasteiger partial charge in [0.1, 0.15) is 24.6 Å². The van der Waals surface area contributed by atoms with Crippen LogP contribution in [-0.4, -0.2) is 73.2 Å². The van der Waals surface area contributed by atoms with Crippen molar-refractivity contribution >= 4 is 29.8 Å². The van der Waals surface area contributed by atoms with Gasteiger partial charge in [0, 0.05) is 6.08 Å². The molecule has 7 atom stereocenters. The summed E-state index contributed by atoms with van der Waals surface area (Å²) in [5, 5.41) is 3.20. The van der Waals surface area contributed by atoms with Crippen LogP contribution in [0.1, 0.15) is 94.7 Å². The number of hydrogen-bond donors (Lipinski definition) is 1. The Hall–Kier alpha value is -3.84. The summed E-state index contributed by atoms with van der Waals surface area (Å²) in [5.74, 6) is -3.89. The molecule has 0 amide bonds. The van der Waals surface area contributed by atoms with Crippen LogP contribution in [0.2, 0.25) is 0 Å². The highest BCUT2D eigenvalue weighted by Crippen LogP contribution is 2.35. The van der Waals surface area contributed by atoms with Crippen molar-refractivity contribution in [2.24, 2.45) is 21.7 Å². The van der Waals surface area contributed by atoms with Gasteiger partial charge in [-0.25, -0.2) is 9.18 Å². The first-order valence-electron chi connectivity index (χ1n) is 16.7. The van der Waals surface area contributed by atoms with E-state index in [-0.39, 0.29) is 0 Å². The van der Waals surface area contributed by atoms with E-state index in [4.69, 9.17) is 28.4 Å². The number of cyclic esters (lactones) is 1. The second-order valence-corrected chi connectivity index (χ2v) is 16.8. The van der Waals surface area contributed by atoms with Crippen LogP contribution >= 0.6 is 0 Å². The van der Waals surface area contributed by atoms with Gasteiger partial charge in [-0.15, -0.1) is 0 Å². The van der Waals surface area contributed by atoms with Gasteiger partial charge in [-0.2, -0.15) is 0 Å². The summed E-state index contributed by atoms with van der Waals surface area (Å²) in [6, 6.07) is 4.58. The number of halogens is 1. The van der Waals surface area contributed by atoms with E-state index in [1.165, 1.54) is 30.4 Å². The molecule has 3 rings (SSSR count). The molecule has 13 heteroatoms. The minimum absolute atomic E-state index is 0.346. The van der Waals surface area contributed by atoms with E-state index < -0.39 is 107 Å². The average molecular weight is 706 g/mol. The fourth-order valence-corrected chi connectivity index (χ4v) is 4.69. The smallest absolute Gasteiger partial charge is 0.331 e. The van der Waals surface area contributed by atoms with E-state index in [2.05, 4.69) is 5.32 Å². The van der Waals surface area contributed by atoms with Gasteiger partial charge in [0.25, 0.3) is 0 Å². The number of carbonyl (C=O) groups excluding carboxylic acids is 5. The highest BCUT2D eigenvalue weighted by molar-refractivity contribution is 5.84. The molecule has 0 radical (unpaired) electrons. The lowest BCUT2D eigenvalue weighted by Gasteiger charge is -2.47. The molecule has 0 saturated carbocycles.